The number of hydroxylamine groups is 2. The number of hydrogen-bond acceptors (Lipinski definition) is 1. The lowest BCUT2D eigenvalue weighted by Crippen LogP contribution is -2.65. The van der Waals surface area contributed by atoms with Crippen molar-refractivity contribution in [3.8, 4) is 0 Å². The second-order valence-corrected chi connectivity index (χ2v) is 5.52. The molecule has 0 radical (unpaired) electrons. The molecule has 0 atom stereocenters. The molecule has 72 valence electrons. The van der Waals surface area contributed by atoms with Crippen molar-refractivity contribution in [2.45, 2.75) is 58.0 Å². The highest BCUT2D eigenvalue weighted by molar-refractivity contribution is 6.06. The molecule has 1 heterocycles. The Kier molecular flexibility index (Phi) is 2.23. The summed E-state index contributed by atoms with van der Waals surface area (Å²) in [6.07, 6.45) is 3.11. The van der Waals surface area contributed by atoms with E-state index < -0.39 is 0 Å². The van der Waals surface area contributed by atoms with Crippen LogP contribution in [0, 0.1) is 0 Å². The van der Waals surface area contributed by atoms with E-state index in [1.54, 1.807) is 0 Å². The Morgan fingerprint density at radius 2 is 1.42 bits per heavy atom. The Morgan fingerprint density at radius 3 is 1.67 bits per heavy atom. The molecule has 0 bridgehead atoms. The number of quaternary nitrogens is 1. The van der Waals surface area contributed by atoms with E-state index in [-0.39, 0.29) is 15.2 Å². The monoisotopic (exact) mass is 192 g/mol. The SMILES string of the molecule is CC1(C)CCCC(C)(C)[N+]1(O)Cl. The predicted octanol–water partition coefficient (Wildman–Crippen LogP) is 3.09. The molecular weight excluding hydrogens is 174 g/mol. The third-order valence-corrected chi connectivity index (χ3v) is 4.10. The Hall–Kier alpha value is 0.210. The largest absolute Gasteiger partial charge is 0.205 e. The van der Waals surface area contributed by atoms with Crippen molar-refractivity contribution in [3.63, 3.8) is 0 Å². The van der Waals surface area contributed by atoms with Gasteiger partial charge in [0, 0.05) is 12.8 Å². The molecule has 0 amide bonds. The molecule has 1 aliphatic rings. The Bertz CT molecular complexity index is 169. The van der Waals surface area contributed by atoms with E-state index in [1.807, 2.05) is 27.7 Å². The first-order valence-corrected chi connectivity index (χ1v) is 4.86. The van der Waals surface area contributed by atoms with E-state index in [9.17, 15) is 5.21 Å². The van der Waals surface area contributed by atoms with Crippen molar-refractivity contribution >= 4 is 11.8 Å². The maximum Gasteiger partial charge on any atom is 0.205 e. The number of piperidine rings is 1. The second kappa shape index (κ2) is 2.60. The summed E-state index contributed by atoms with van der Waals surface area (Å²) in [7, 11) is 0. The van der Waals surface area contributed by atoms with Gasteiger partial charge in [-0.2, -0.15) is 5.21 Å². The van der Waals surface area contributed by atoms with Gasteiger partial charge >= 0.3 is 0 Å². The van der Waals surface area contributed by atoms with Crippen LogP contribution in [0.4, 0.5) is 0 Å². The Balaban J connectivity index is 2.99. The van der Waals surface area contributed by atoms with Crippen molar-refractivity contribution in [1.29, 1.82) is 0 Å². The molecule has 1 fully saturated rings. The molecule has 1 N–H and O–H groups in total. The van der Waals surface area contributed by atoms with Crippen molar-refractivity contribution in [2.24, 2.45) is 0 Å². The Labute approximate surface area is 79.8 Å². The maximum absolute atomic E-state index is 10.1. The quantitative estimate of drug-likeness (QED) is 0.585. The van der Waals surface area contributed by atoms with Gasteiger partial charge in [-0.1, -0.05) is 4.17 Å². The van der Waals surface area contributed by atoms with E-state index >= 15 is 0 Å². The van der Waals surface area contributed by atoms with Crippen LogP contribution in [0.15, 0.2) is 0 Å². The van der Waals surface area contributed by atoms with Crippen LogP contribution in [0.1, 0.15) is 47.0 Å². The van der Waals surface area contributed by atoms with Gasteiger partial charge in [0.05, 0.1) is 0 Å². The number of nitrogens with zero attached hydrogens (tertiary/aromatic N) is 1. The highest BCUT2D eigenvalue weighted by Crippen LogP contribution is 2.45. The highest BCUT2D eigenvalue weighted by atomic mass is 35.5. The molecule has 1 saturated heterocycles. The van der Waals surface area contributed by atoms with E-state index in [4.69, 9.17) is 11.8 Å². The van der Waals surface area contributed by atoms with Gasteiger partial charge in [-0.05, 0) is 34.1 Å². The highest BCUT2D eigenvalue weighted by Gasteiger charge is 2.57. The first-order chi connectivity index (χ1) is 5.21. The first-order valence-electron chi connectivity index (χ1n) is 4.52. The zero-order chi connectivity index (χ0) is 9.62. The van der Waals surface area contributed by atoms with Gasteiger partial charge in [0.25, 0.3) is 0 Å². The van der Waals surface area contributed by atoms with Crippen LogP contribution in [0.25, 0.3) is 0 Å². The fourth-order valence-electron chi connectivity index (χ4n) is 2.07. The molecule has 1 rings (SSSR count). The van der Waals surface area contributed by atoms with Gasteiger partial charge in [0.1, 0.15) is 11.1 Å². The van der Waals surface area contributed by atoms with Crippen LogP contribution in [-0.2, 0) is 0 Å². The normalized spacial score (nSPS) is 31.5. The summed E-state index contributed by atoms with van der Waals surface area (Å²) in [5.74, 6) is 0. The van der Waals surface area contributed by atoms with E-state index in [0.717, 1.165) is 19.3 Å². The van der Waals surface area contributed by atoms with Crippen molar-refractivity contribution in [1.82, 2.24) is 0 Å². The third kappa shape index (κ3) is 1.26. The van der Waals surface area contributed by atoms with E-state index in [2.05, 4.69) is 0 Å². The third-order valence-electron chi connectivity index (χ3n) is 3.18. The standard InChI is InChI=1S/C9H19ClNO/c1-8(2)6-5-7-9(3,4)11(8,10)12/h12H,5-7H2,1-4H3/q+1. The van der Waals surface area contributed by atoms with Gasteiger partial charge in [0.2, 0.25) is 11.8 Å². The maximum atomic E-state index is 10.1. The molecule has 0 saturated carbocycles. The van der Waals surface area contributed by atoms with Crippen LogP contribution in [-0.4, -0.2) is 20.5 Å². The molecule has 0 aromatic carbocycles. The Morgan fingerprint density at radius 1 is 1.08 bits per heavy atom. The number of hydrogen-bond donors (Lipinski definition) is 1. The average Bonchev–Trinajstić information content (AvgIpc) is 1.83. The summed E-state index contributed by atoms with van der Waals surface area (Å²) < 4.78 is -0.375. The molecular formula is C9H19ClNO+. The second-order valence-electron chi connectivity index (χ2n) is 5.03. The predicted molar refractivity (Wildman–Crippen MR) is 49.9 cm³/mol. The van der Waals surface area contributed by atoms with Crippen LogP contribution in [0.5, 0.6) is 0 Å². The zero-order valence-electron chi connectivity index (χ0n) is 8.39. The van der Waals surface area contributed by atoms with Crippen molar-refractivity contribution in [2.75, 3.05) is 0 Å². The van der Waals surface area contributed by atoms with Crippen molar-refractivity contribution < 1.29 is 9.37 Å². The van der Waals surface area contributed by atoms with Crippen LogP contribution >= 0.6 is 11.8 Å². The van der Waals surface area contributed by atoms with Crippen molar-refractivity contribution in [3.05, 3.63) is 0 Å². The molecule has 0 spiro atoms. The summed E-state index contributed by atoms with van der Waals surface area (Å²) in [6.45, 7) is 8.06. The molecule has 1 aliphatic heterocycles. The van der Waals surface area contributed by atoms with Crippen LogP contribution < -0.4 is 0 Å². The zero-order valence-corrected chi connectivity index (χ0v) is 9.15. The van der Waals surface area contributed by atoms with Crippen LogP contribution in [0.3, 0.4) is 0 Å². The van der Waals surface area contributed by atoms with Gasteiger partial charge in [0.15, 0.2) is 0 Å². The first kappa shape index (κ1) is 10.3. The van der Waals surface area contributed by atoms with Crippen LogP contribution in [0.2, 0.25) is 0 Å². The minimum Gasteiger partial charge on any atom is -0.197 e. The summed E-state index contributed by atoms with van der Waals surface area (Å²) in [6, 6.07) is 0. The summed E-state index contributed by atoms with van der Waals surface area (Å²) in [5.41, 5.74) is -0.466. The summed E-state index contributed by atoms with van der Waals surface area (Å²) in [5, 5.41) is 10.1. The fraction of sp³-hybridized carbons (Fsp3) is 1.00. The van der Waals surface area contributed by atoms with Gasteiger partial charge in [-0.25, -0.2) is 0 Å². The van der Waals surface area contributed by atoms with E-state index in [1.165, 1.54) is 0 Å². The minimum atomic E-state index is -0.375. The lowest BCUT2D eigenvalue weighted by Gasteiger charge is -2.49. The van der Waals surface area contributed by atoms with Gasteiger partial charge in [-0.3, -0.25) is 0 Å². The van der Waals surface area contributed by atoms with E-state index in [0.29, 0.717) is 0 Å². The topological polar surface area (TPSA) is 20.2 Å². The molecule has 2 nitrogen and oxygen atoms in total. The average molecular weight is 193 g/mol. The number of halogens is 1. The minimum absolute atomic E-state index is 0.233. The molecule has 12 heavy (non-hydrogen) atoms. The lowest BCUT2D eigenvalue weighted by atomic mass is 9.82. The number of rotatable bonds is 0. The summed E-state index contributed by atoms with van der Waals surface area (Å²) in [4.78, 5) is 0. The fourth-order valence-corrected chi connectivity index (χ4v) is 2.24. The van der Waals surface area contributed by atoms with Gasteiger partial charge in [-0.15, -0.1) is 0 Å². The van der Waals surface area contributed by atoms with Gasteiger partial charge < -0.3 is 0 Å². The molecule has 0 aromatic heterocycles. The summed E-state index contributed by atoms with van der Waals surface area (Å²) >= 11 is 6.15. The lowest BCUT2D eigenvalue weighted by molar-refractivity contribution is -1.09. The smallest absolute Gasteiger partial charge is 0.197 e. The molecule has 0 aliphatic carbocycles. The molecule has 3 heteroatoms. The molecule has 0 aromatic rings. The molecule has 0 unspecified atom stereocenters.